The predicted octanol–water partition coefficient (Wildman–Crippen LogP) is 5.05. The van der Waals surface area contributed by atoms with Crippen LogP contribution in [0.5, 0.6) is 5.75 Å². The molecular weight excluding hydrogens is 444 g/mol. The van der Waals surface area contributed by atoms with Gasteiger partial charge in [-0.3, -0.25) is 9.59 Å². The Labute approximate surface area is 205 Å². The highest BCUT2D eigenvalue weighted by atomic mass is 16.5. The number of para-hydroxylation sites is 1. The quantitative estimate of drug-likeness (QED) is 0.256. The molecule has 1 aliphatic heterocycles. The van der Waals surface area contributed by atoms with Gasteiger partial charge in [0, 0.05) is 34.8 Å². The lowest BCUT2D eigenvalue weighted by molar-refractivity contribution is -0.140. The predicted molar refractivity (Wildman–Crippen MR) is 135 cm³/mol. The summed E-state index contributed by atoms with van der Waals surface area (Å²) in [6.45, 7) is 9.05. The molecule has 0 spiro atoms. The van der Waals surface area contributed by atoms with Gasteiger partial charge >= 0.3 is 0 Å². The standard InChI is InChI=1S/C28H32N2O5/c1-17(2)16-35-20-11-9-19(10-12-20)26(31)24-25(22-15-29-23-8-6-5-7-21(22)23)30(28(33)27(24)32)13-14-34-18(3)4/h5-12,15,17-18,25,29,31H,13-14,16H2,1-4H3/b26-24+. The van der Waals surface area contributed by atoms with Gasteiger partial charge < -0.3 is 24.5 Å². The number of aromatic amines is 1. The minimum atomic E-state index is -0.737. The Morgan fingerprint density at radius 3 is 2.46 bits per heavy atom. The maximum absolute atomic E-state index is 13.2. The van der Waals surface area contributed by atoms with Crippen LogP contribution in [-0.4, -0.2) is 52.5 Å². The number of aliphatic hydroxyl groups excluding tert-OH is 1. The van der Waals surface area contributed by atoms with Gasteiger partial charge in [0.15, 0.2) is 0 Å². The summed E-state index contributed by atoms with van der Waals surface area (Å²) in [5.41, 5.74) is 2.16. The lowest BCUT2D eigenvalue weighted by Gasteiger charge is -2.25. The smallest absolute Gasteiger partial charge is 0.295 e. The van der Waals surface area contributed by atoms with Crippen molar-refractivity contribution in [3.8, 4) is 5.75 Å². The Bertz CT molecular complexity index is 1240. The first-order valence-corrected chi connectivity index (χ1v) is 12.0. The van der Waals surface area contributed by atoms with E-state index in [2.05, 4.69) is 18.8 Å². The molecule has 184 valence electrons. The first-order chi connectivity index (χ1) is 16.8. The number of nitrogens with one attached hydrogen (secondary N) is 1. The van der Waals surface area contributed by atoms with Crippen molar-refractivity contribution in [1.29, 1.82) is 0 Å². The first kappa shape index (κ1) is 24.5. The number of fused-ring (bicyclic) bond motifs is 1. The summed E-state index contributed by atoms with van der Waals surface area (Å²) in [7, 11) is 0. The number of aliphatic hydroxyl groups is 1. The van der Waals surface area contributed by atoms with Crippen LogP contribution in [0.15, 0.2) is 60.3 Å². The summed E-state index contributed by atoms with van der Waals surface area (Å²) >= 11 is 0. The summed E-state index contributed by atoms with van der Waals surface area (Å²) in [4.78, 5) is 31.1. The zero-order chi connectivity index (χ0) is 25.1. The second kappa shape index (κ2) is 10.4. The molecule has 0 aliphatic carbocycles. The molecule has 7 nitrogen and oxygen atoms in total. The molecule has 0 saturated carbocycles. The van der Waals surface area contributed by atoms with Crippen molar-refractivity contribution in [2.45, 2.75) is 39.8 Å². The van der Waals surface area contributed by atoms with Crippen LogP contribution in [0.25, 0.3) is 16.7 Å². The third-order valence-electron chi connectivity index (χ3n) is 5.95. The van der Waals surface area contributed by atoms with E-state index in [1.165, 1.54) is 4.90 Å². The van der Waals surface area contributed by atoms with E-state index in [9.17, 15) is 14.7 Å². The van der Waals surface area contributed by atoms with Crippen LogP contribution in [0.3, 0.4) is 0 Å². The Morgan fingerprint density at radius 1 is 1.06 bits per heavy atom. The van der Waals surface area contributed by atoms with Crippen LogP contribution in [0, 0.1) is 5.92 Å². The van der Waals surface area contributed by atoms with Gasteiger partial charge in [-0.15, -0.1) is 0 Å². The average molecular weight is 477 g/mol. The second-order valence-electron chi connectivity index (χ2n) is 9.43. The lowest BCUT2D eigenvalue weighted by Crippen LogP contribution is -2.33. The highest BCUT2D eigenvalue weighted by Crippen LogP contribution is 2.41. The summed E-state index contributed by atoms with van der Waals surface area (Å²) in [6.07, 6.45) is 1.79. The van der Waals surface area contributed by atoms with E-state index in [-0.39, 0.29) is 30.6 Å². The van der Waals surface area contributed by atoms with E-state index in [0.29, 0.717) is 23.8 Å². The number of Topliss-reactive ketones (excluding diaryl/α,β-unsaturated/α-hetero) is 1. The van der Waals surface area contributed by atoms with Gasteiger partial charge in [0.25, 0.3) is 11.7 Å². The normalized spacial score (nSPS) is 17.8. The van der Waals surface area contributed by atoms with E-state index < -0.39 is 17.7 Å². The number of hydrogen-bond donors (Lipinski definition) is 2. The molecule has 1 fully saturated rings. The van der Waals surface area contributed by atoms with Crippen molar-refractivity contribution in [3.05, 3.63) is 71.4 Å². The third kappa shape index (κ3) is 5.10. The van der Waals surface area contributed by atoms with Gasteiger partial charge in [-0.25, -0.2) is 0 Å². The molecule has 1 unspecified atom stereocenters. The van der Waals surface area contributed by atoms with E-state index in [1.54, 1.807) is 30.5 Å². The molecule has 2 aromatic carbocycles. The Kier molecular flexibility index (Phi) is 7.26. The van der Waals surface area contributed by atoms with E-state index in [4.69, 9.17) is 9.47 Å². The molecule has 1 saturated heterocycles. The number of nitrogens with zero attached hydrogens (tertiary/aromatic N) is 1. The van der Waals surface area contributed by atoms with Crippen LogP contribution in [-0.2, 0) is 14.3 Å². The van der Waals surface area contributed by atoms with E-state index in [0.717, 1.165) is 16.5 Å². The zero-order valence-corrected chi connectivity index (χ0v) is 20.6. The number of likely N-dealkylation sites (tertiary alicyclic amines) is 1. The van der Waals surface area contributed by atoms with Crippen LogP contribution < -0.4 is 4.74 Å². The van der Waals surface area contributed by atoms with Gasteiger partial charge in [-0.1, -0.05) is 32.0 Å². The van der Waals surface area contributed by atoms with Gasteiger partial charge in [0.1, 0.15) is 11.5 Å². The fourth-order valence-electron chi connectivity index (χ4n) is 4.27. The number of ketones is 1. The minimum Gasteiger partial charge on any atom is -0.507 e. The van der Waals surface area contributed by atoms with Crippen molar-refractivity contribution < 1.29 is 24.2 Å². The zero-order valence-electron chi connectivity index (χ0n) is 20.6. The highest BCUT2D eigenvalue weighted by Gasteiger charge is 2.46. The van der Waals surface area contributed by atoms with Crippen LogP contribution >= 0.6 is 0 Å². The molecule has 7 heteroatoms. The number of carbonyl (C=O) groups is 2. The molecule has 1 aliphatic rings. The van der Waals surface area contributed by atoms with E-state index >= 15 is 0 Å². The van der Waals surface area contributed by atoms with Gasteiger partial charge in [0.2, 0.25) is 0 Å². The van der Waals surface area contributed by atoms with E-state index in [1.807, 2.05) is 38.1 Å². The molecule has 35 heavy (non-hydrogen) atoms. The molecule has 2 N–H and O–H groups in total. The van der Waals surface area contributed by atoms with Crippen LogP contribution in [0.2, 0.25) is 0 Å². The fourth-order valence-corrected chi connectivity index (χ4v) is 4.27. The maximum Gasteiger partial charge on any atom is 0.295 e. The van der Waals surface area contributed by atoms with Crippen molar-refractivity contribution >= 4 is 28.4 Å². The monoisotopic (exact) mass is 476 g/mol. The van der Waals surface area contributed by atoms with Gasteiger partial charge in [0.05, 0.1) is 30.9 Å². The SMILES string of the molecule is CC(C)COc1ccc(/C(O)=C2\C(=O)C(=O)N(CCOC(C)C)C2c2c[nH]c3ccccc23)cc1. The number of ether oxygens (including phenoxy) is 2. The lowest BCUT2D eigenvalue weighted by atomic mass is 9.95. The van der Waals surface area contributed by atoms with Crippen LogP contribution in [0.4, 0.5) is 0 Å². The first-order valence-electron chi connectivity index (χ1n) is 12.0. The van der Waals surface area contributed by atoms with Crippen LogP contribution in [0.1, 0.15) is 44.9 Å². The number of rotatable bonds is 9. The Morgan fingerprint density at radius 2 is 1.77 bits per heavy atom. The fraction of sp³-hybridized carbons (Fsp3) is 0.357. The summed E-state index contributed by atoms with van der Waals surface area (Å²) in [5.74, 6) is -0.500. The van der Waals surface area contributed by atoms with Gasteiger partial charge in [-0.05, 0) is 50.1 Å². The number of H-pyrrole nitrogens is 1. The maximum atomic E-state index is 13.2. The number of benzene rings is 2. The molecule has 0 bridgehead atoms. The Hall–Kier alpha value is -3.58. The van der Waals surface area contributed by atoms with Gasteiger partial charge in [-0.2, -0.15) is 0 Å². The number of aromatic nitrogens is 1. The minimum absolute atomic E-state index is 0.00482. The largest absolute Gasteiger partial charge is 0.507 e. The van der Waals surface area contributed by atoms with Crippen molar-refractivity contribution in [3.63, 3.8) is 0 Å². The molecule has 3 aromatic rings. The number of hydrogen-bond acceptors (Lipinski definition) is 5. The highest BCUT2D eigenvalue weighted by molar-refractivity contribution is 6.46. The third-order valence-corrected chi connectivity index (χ3v) is 5.95. The summed E-state index contributed by atoms with van der Waals surface area (Å²) in [6, 6.07) is 13.9. The van der Waals surface area contributed by atoms with Crippen molar-refractivity contribution in [1.82, 2.24) is 9.88 Å². The topological polar surface area (TPSA) is 91.9 Å². The molecule has 1 amide bonds. The molecule has 0 radical (unpaired) electrons. The molecule has 4 rings (SSSR count). The molecule has 1 atom stereocenters. The summed E-state index contributed by atoms with van der Waals surface area (Å²) in [5, 5.41) is 12.2. The summed E-state index contributed by atoms with van der Waals surface area (Å²) < 4.78 is 11.4. The van der Waals surface area contributed by atoms with Crippen molar-refractivity contribution in [2.75, 3.05) is 19.8 Å². The average Bonchev–Trinajstić information content (AvgIpc) is 3.36. The molecular formula is C28H32N2O5. The van der Waals surface area contributed by atoms with Crippen molar-refractivity contribution in [2.24, 2.45) is 5.92 Å². The number of amides is 1. The second-order valence-corrected chi connectivity index (χ2v) is 9.43. The molecule has 1 aromatic heterocycles. The Balaban J connectivity index is 1.76. The molecule has 2 heterocycles. The number of carbonyl (C=O) groups excluding carboxylic acids is 2.